The Morgan fingerprint density at radius 3 is 2.76 bits per heavy atom. The first-order valence-electron chi connectivity index (χ1n) is 5.81. The van der Waals surface area contributed by atoms with Crippen LogP contribution < -0.4 is 0 Å². The first-order chi connectivity index (χ1) is 8.21. The molecule has 2 aliphatic carbocycles. The minimum Gasteiger partial charge on any atom is -0.481 e. The largest absolute Gasteiger partial charge is 0.481 e. The third-order valence-corrected chi connectivity index (χ3v) is 4.85. The average molecular weight is 250 g/mol. The van der Waals surface area contributed by atoms with Crippen LogP contribution >= 0.6 is 11.8 Å². The van der Waals surface area contributed by atoms with Crippen molar-refractivity contribution in [3.05, 3.63) is 18.1 Å². The van der Waals surface area contributed by atoms with Crippen LogP contribution in [0.1, 0.15) is 25.0 Å². The number of hydrogen-bond donors (Lipinski definition) is 1. The average Bonchev–Trinajstić information content (AvgIpc) is 2.73. The van der Waals surface area contributed by atoms with Gasteiger partial charge < -0.3 is 5.11 Å². The Morgan fingerprint density at radius 2 is 2.18 bits per heavy atom. The highest BCUT2D eigenvalue weighted by Gasteiger charge is 2.72. The molecule has 2 saturated carbocycles. The maximum Gasteiger partial charge on any atom is 0.316 e. The minimum absolute atomic E-state index is 0.296. The van der Waals surface area contributed by atoms with E-state index in [9.17, 15) is 9.90 Å². The zero-order valence-corrected chi connectivity index (χ0v) is 10.4. The van der Waals surface area contributed by atoms with Gasteiger partial charge in [-0.2, -0.15) is 0 Å². The fourth-order valence-corrected chi connectivity index (χ4v) is 3.82. The van der Waals surface area contributed by atoms with Gasteiger partial charge in [0.2, 0.25) is 0 Å². The van der Waals surface area contributed by atoms with Gasteiger partial charge in [-0.15, -0.1) is 11.8 Å². The second-order valence-corrected chi connectivity index (χ2v) is 5.59. The van der Waals surface area contributed by atoms with Crippen molar-refractivity contribution in [3.8, 4) is 0 Å². The quantitative estimate of drug-likeness (QED) is 0.656. The molecule has 0 bridgehead atoms. The lowest BCUT2D eigenvalue weighted by Crippen LogP contribution is -2.27. The van der Waals surface area contributed by atoms with E-state index >= 15 is 0 Å². The molecule has 90 valence electrons. The van der Waals surface area contributed by atoms with Crippen molar-refractivity contribution in [2.24, 2.45) is 11.8 Å². The Bertz CT molecular complexity index is 467. The van der Waals surface area contributed by atoms with E-state index in [-0.39, 0.29) is 0 Å². The molecule has 1 N–H and O–H groups in total. The summed E-state index contributed by atoms with van der Waals surface area (Å²) in [5, 5.41) is 10.4. The molecular weight excluding hydrogens is 236 g/mol. The fourth-order valence-electron chi connectivity index (χ4n) is 3.44. The number of carboxylic acids is 1. The minimum atomic E-state index is -0.710. The van der Waals surface area contributed by atoms with Gasteiger partial charge in [-0.1, -0.05) is 6.42 Å². The van der Waals surface area contributed by atoms with Crippen molar-refractivity contribution in [2.75, 3.05) is 6.26 Å². The van der Waals surface area contributed by atoms with Gasteiger partial charge in [0.15, 0.2) is 0 Å². The number of aromatic nitrogens is 2. The lowest BCUT2D eigenvalue weighted by molar-refractivity contribution is -0.141. The summed E-state index contributed by atoms with van der Waals surface area (Å²) in [5.41, 5.74) is 0.00475. The van der Waals surface area contributed by atoms with Crippen molar-refractivity contribution in [1.29, 1.82) is 0 Å². The van der Waals surface area contributed by atoms with Crippen LogP contribution in [0.3, 0.4) is 0 Å². The van der Waals surface area contributed by atoms with Gasteiger partial charge in [0.05, 0.1) is 10.7 Å². The number of nitrogens with zero attached hydrogens (tertiary/aromatic N) is 2. The molecule has 1 aromatic heterocycles. The van der Waals surface area contributed by atoms with Crippen LogP contribution in [0.15, 0.2) is 17.4 Å². The summed E-state index contributed by atoms with van der Waals surface area (Å²) in [6.07, 6.45) is 6.63. The summed E-state index contributed by atoms with van der Waals surface area (Å²) >= 11 is 1.52. The Morgan fingerprint density at radius 1 is 1.47 bits per heavy atom. The Hall–Kier alpha value is -1.10. The maximum atomic E-state index is 11.6. The van der Waals surface area contributed by atoms with Crippen LogP contribution in [0.2, 0.25) is 0 Å². The summed E-state index contributed by atoms with van der Waals surface area (Å²) in [5.74, 6) is -0.118. The number of rotatable bonds is 3. The van der Waals surface area contributed by atoms with E-state index in [1.165, 1.54) is 18.1 Å². The number of fused-ring (bicyclic) bond motifs is 1. The van der Waals surface area contributed by atoms with Crippen molar-refractivity contribution in [2.45, 2.75) is 29.7 Å². The molecule has 2 fully saturated rings. The highest BCUT2D eigenvalue weighted by Crippen LogP contribution is 2.67. The molecule has 1 aromatic rings. The second kappa shape index (κ2) is 3.70. The standard InChI is InChI=1S/C12H14N2O2S/c1-17-10-5-9(13-6-14-10)12(11(15)16)7-3-2-4-8(7)12/h5-8H,2-4H2,1H3,(H,15,16)/t7-,8+,12?. The normalized spacial score (nSPS) is 34.4. The molecular formula is C12H14N2O2S. The summed E-state index contributed by atoms with van der Waals surface area (Å²) in [6.45, 7) is 0. The number of carboxylic acid groups (broad SMARTS) is 1. The molecule has 0 aliphatic heterocycles. The van der Waals surface area contributed by atoms with Gasteiger partial charge in [-0.25, -0.2) is 9.97 Å². The predicted octanol–water partition coefficient (Wildman–Crippen LogP) is 1.95. The van der Waals surface area contributed by atoms with Crippen LogP contribution in [-0.4, -0.2) is 27.3 Å². The molecule has 5 heteroatoms. The molecule has 2 aliphatic rings. The predicted molar refractivity (Wildman–Crippen MR) is 64.0 cm³/mol. The topological polar surface area (TPSA) is 63.1 Å². The highest BCUT2D eigenvalue weighted by molar-refractivity contribution is 7.98. The zero-order chi connectivity index (χ0) is 12.0. The molecule has 3 rings (SSSR count). The first kappa shape index (κ1) is 11.0. The van der Waals surface area contributed by atoms with Crippen molar-refractivity contribution in [1.82, 2.24) is 9.97 Å². The molecule has 1 unspecified atom stereocenters. The van der Waals surface area contributed by atoms with Crippen LogP contribution in [0.4, 0.5) is 0 Å². The van der Waals surface area contributed by atoms with Gasteiger partial charge in [-0.05, 0) is 37.0 Å². The fraction of sp³-hybridized carbons (Fsp3) is 0.583. The lowest BCUT2D eigenvalue weighted by Gasteiger charge is -2.15. The van der Waals surface area contributed by atoms with E-state index in [1.807, 2.05) is 12.3 Å². The lowest BCUT2D eigenvalue weighted by atomic mass is 9.92. The Kier molecular flexibility index (Phi) is 2.40. The molecule has 4 nitrogen and oxygen atoms in total. The number of aliphatic carboxylic acids is 1. The van der Waals surface area contributed by atoms with E-state index in [1.54, 1.807) is 0 Å². The van der Waals surface area contributed by atoms with E-state index in [0.29, 0.717) is 17.5 Å². The first-order valence-corrected chi connectivity index (χ1v) is 7.03. The molecule has 1 heterocycles. The van der Waals surface area contributed by atoms with E-state index in [4.69, 9.17) is 0 Å². The van der Waals surface area contributed by atoms with E-state index in [2.05, 4.69) is 9.97 Å². The molecule has 0 aromatic carbocycles. The summed E-state index contributed by atoms with van der Waals surface area (Å²) < 4.78 is 0. The molecule has 0 radical (unpaired) electrons. The maximum absolute atomic E-state index is 11.6. The molecule has 0 amide bonds. The third-order valence-electron chi connectivity index (χ3n) is 4.21. The van der Waals surface area contributed by atoms with Crippen molar-refractivity contribution >= 4 is 17.7 Å². The summed E-state index contributed by atoms with van der Waals surface area (Å²) in [6, 6.07) is 1.84. The van der Waals surface area contributed by atoms with E-state index < -0.39 is 11.4 Å². The van der Waals surface area contributed by atoms with E-state index in [0.717, 1.165) is 24.3 Å². The van der Waals surface area contributed by atoms with Crippen LogP contribution in [0.25, 0.3) is 0 Å². The number of thioether (sulfide) groups is 1. The number of hydrogen-bond acceptors (Lipinski definition) is 4. The van der Waals surface area contributed by atoms with Gasteiger partial charge in [0.25, 0.3) is 0 Å². The van der Waals surface area contributed by atoms with Crippen LogP contribution in [0, 0.1) is 11.8 Å². The molecule has 0 spiro atoms. The van der Waals surface area contributed by atoms with Gasteiger partial charge in [0.1, 0.15) is 11.7 Å². The Balaban J connectivity index is 2.03. The molecule has 0 saturated heterocycles. The monoisotopic (exact) mass is 250 g/mol. The van der Waals surface area contributed by atoms with Gasteiger partial charge in [-0.3, -0.25) is 4.79 Å². The van der Waals surface area contributed by atoms with Gasteiger partial charge >= 0.3 is 5.97 Å². The SMILES string of the molecule is CSc1cc(C2(C(=O)O)[C@@H]3CCC[C@@H]32)ncn1. The Labute approximate surface area is 104 Å². The molecule has 17 heavy (non-hydrogen) atoms. The smallest absolute Gasteiger partial charge is 0.316 e. The van der Waals surface area contributed by atoms with Crippen molar-refractivity contribution in [3.63, 3.8) is 0 Å². The third kappa shape index (κ3) is 1.35. The summed E-state index contributed by atoms with van der Waals surface area (Å²) in [7, 11) is 0. The molecule has 3 atom stereocenters. The second-order valence-electron chi connectivity index (χ2n) is 4.76. The highest BCUT2D eigenvalue weighted by atomic mass is 32.2. The van der Waals surface area contributed by atoms with Crippen LogP contribution in [0.5, 0.6) is 0 Å². The van der Waals surface area contributed by atoms with Gasteiger partial charge in [0, 0.05) is 0 Å². The van der Waals surface area contributed by atoms with Crippen molar-refractivity contribution < 1.29 is 9.90 Å². The summed E-state index contributed by atoms with van der Waals surface area (Å²) in [4.78, 5) is 20.0. The zero-order valence-electron chi connectivity index (χ0n) is 9.59. The van der Waals surface area contributed by atoms with Crippen LogP contribution in [-0.2, 0) is 10.2 Å². The number of carbonyl (C=O) groups is 1.